The zero-order valence-electron chi connectivity index (χ0n) is 12.2. The maximum atomic E-state index is 6.21. The van der Waals surface area contributed by atoms with Gasteiger partial charge in [-0.15, -0.1) is 0 Å². The van der Waals surface area contributed by atoms with E-state index in [1.807, 2.05) is 13.0 Å². The number of rotatable bonds is 4. The molecule has 0 bridgehead atoms. The van der Waals surface area contributed by atoms with Crippen LogP contribution in [-0.2, 0) is 6.42 Å². The van der Waals surface area contributed by atoms with Crippen LogP contribution >= 0.6 is 0 Å². The zero-order valence-corrected chi connectivity index (χ0v) is 12.2. The van der Waals surface area contributed by atoms with Gasteiger partial charge in [-0.2, -0.15) is 5.10 Å². The molecule has 0 aliphatic heterocycles. The van der Waals surface area contributed by atoms with Crippen LogP contribution in [0.3, 0.4) is 0 Å². The number of benzene rings is 1. The van der Waals surface area contributed by atoms with Crippen LogP contribution in [0.25, 0.3) is 0 Å². The summed E-state index contributed by atoms with van der Waals surface area (Å²) in [5.74, 6) is 0. The van der Waals surface area contributed by atoms with Crippen molar-refractivity contribution in [2.75, 3.05) is 0 Å². The summed E-state index contributed by atoms with van der Waals surface area (Å²) in [5, 5.41) is 4.72. The fourth-order valence-corrected chi connectivity index (χ4v) is 2.80. The first kappa shape index (κ1) is 13.8. The van der Waals surface area contributed by atoms with Crippen molar-refractivity contribution in [2.24, 2.45) is 5.73 Å². The summed E-state index contributed by atoms with van der Waals surface area (Å²) >= 11 is 0. The van der Waals surface area contributed by atoms with Crippen molar-refractivity contribution in [2.45, 2.75) is 46.2 Å². The fraction of sp³-hybridized carbons (Fsp3) is 0.438. The van der Waals surface area contributed by atoms with Crippen molar-refractivity contribution >= 4 is 0 Å². The highest BCUT2D eigenvalue weighted by Gasteiger charge is 2.22. The number of aryl methyl sites for hydroxylation is 1. The van der Waals surface area contributed by atoms with Crippen LogP contribution in [0.2, 0.25) is 0 Å². The van der Waals surface area contributed by atoms with Crippen molar-refractivity contribution < 1.29 is 0 Å². The second-order valence-electron chi connectivity index (χ2n) is 5.16. The Morgan fingerprint density at radius 2 is 1.84 bits per heavy atom. The molecule has 2 rings (SSSR count). The lowest BCUT2D eigenvalue weighted by Gasteiger charge is -2.23. The van der Waals surface area contributed by atoms with Crippen LogP contribution < -0.4 is 5.73 Å². The van der Waals surface area contributed by atoms with E-state index in [0.29, 0.717) is 0 Å². The number of nitrogens with zero attached hydrogens (tertiary/aromatic N) is 2. The van der Waals surface area contributed by atoms with E-state index in [1.54, 1.807) is 0 Å². The Morgan fingerprint density at radius 1 is 1.21 bits per heavy atom. The number of hydrogen-bond donors (Lipinski definition) is 1. The number of nitrogens with two attached hydrogens (primary N) is 1. The van der Waals surface area contributed by atoms with E-state index in [-0.39, 0.29) is 12.1 Å². The molecule has 2 unspecified atom stereocenters. The molecule has 19 heavy (non-hydrogen) atoms. The number of hydrogen-bond acceptors (Lipinski definition) is 2. The molecule has 0 fully saturated rings. The van der Waals surface area contributed by atoms with Gasteiger partial charge in [0.2, 0.25) is 0 Å². The molecule has 0 radical (unpaired) electrons. The van der Waals surface area contributed by atoms with Crippen molar-refractivity contribution in [3.63, 3.8) is 0 Å². The maximum Gasteiger partial charge on any atom is 0.0919 e. The summed E-state index contributed by atoms with van der Waals surface area (Å²) < 4.78 is 2.09. The molecule has 3 nitrogen and oxygen atoms in total. The van der Waals surface area contributed by atoms with Gasteiger partial charge in [0.25, 0.3) is 0 Å². The molecule has 0 amide bonds. The Morgan fingerprint density at radius 3 is 2.32 bits per heavy atom. The topological polar surface area (TPSA) is 43.8 Å². The summed E-state index contributed by atoms with van der Waals surface area (Å²) in [7, 11) is 0. The Balaban J connectivity index is 2.52. The Bertz CT molecular complexity index is 541. The van der Waals surface area contributed by atoms with Crippen molar-refractivity contribution in [3.8, 4) is 0 Å². The maximum absolute atomic E-state index is 6.21. The molecule has 1 aromatic carbocycles. The molecule has 0 aliphatic rings. The lowest BCUT2D eigenvalue weighted by molar-refractivity contribution is 0.443. The fourth-order valence-electron chi connectivity index (χ4n) is 2.80. The summed E-state index contributed by atoms with van der Waals surface area (Å²) in [4.78, 5) is 0. The van der Waals surface area contributed by atoms with Gasteiger partial charge in [0.1, 0.15) is 0 Å². The second kappa shape index (κ2) is 5.57. The third-order valence-electron chi connectivity index (χ3n) is 3.73. The minimum absolute atomic E-state index is 0.0186. The van der Waals surface area contributed by atoms with E-state index in [0.717, 1.165) is 12.1 Å². The summed E-state index contributed by atoms with van der Waals surface area (Å²) in [6.07, 6.45) is 1.01. The molecular weight excluding hydrogens is 234 g/mol. The molecule has 2 atom stereocenters. The van der Waals surface area contributed by atoms with Gasteiger partial charge in [-0.1, -0.05) is 37.3 Å². The first-order valence-corrected chi connectivity index (χ1v) is 6.91. The Hall–Kier alpha value is -1.61. The minimum atomic E-state index is 0.0186. The van der Waals surface area contributed by atoms with Gasteiger partial charge in [0.05, 0.1) is 11.7 Å². The monoisotopic (exact) mass is 257 g/mol. The van der Waals surface area contributed by atoms with Crippen LogP contribution in [0.15, 0.2) is 30.3 Å². The molecule has 0 spiro atoms. The van der Waals surface area contributed by atoms with E-state index in [9.17, 15) is 0 Å². The van der Waals surface area contributed by atoms with E-state index < -0.39 is 0 Å². The average molecular weight is 257 g/mol. The summed E-state index contributed by atoms with van der Waals surface area (Å²) in [6, 6.07) is 10.5. The third-order valence-corrected chi connectivity index (χ3v) is 3.73. The molecule has 2 aromatic rings. The molecule has 1 aromatic heterocycles. The lowest BCUT2D eigenvalue weighted by Crippen LogP contribution is -2.31. The zero-order chi connectivity index (χ0) is 14.0. The second-order valence-corrected chi connectivity index (χ2v) is 5.16. The highest BCUT2D eigenvalue weighted by molar-refractivity contribution is 5.28. The molecule has 3 heteroatoms. The first-order chi connectivity index (χ1) is 9.06. The SMILES string of the molecule is CCc1c(C)nn(C(c2ccccc2)C(C)N)c1C. The van der Waals surface area contributed by atoms with Crippen LogP contribution in [0, 0.1) is 13.8 Å². The molecule has 2 N–H and O–H groups in total. The van der Waals surface area contributed by atoms with Crippen molar-refractivity contribution in [1.29, 1.82) is 0 Å². The van der Waals surface area contributed by atoms with Crippen LogP contribution in [0.4, 0.5) is 0 Å². The number of aromatic nitrogens is 2. The van der Waals surface area contributed by atoms with E-state index >= 15 is 0 Å². The summed E-state index contributed by atoms with van der Waals surface area (Å²) in [6.45, 7) is 8.42. The van der Waals surface area contributed by atoms with E-state index in [1.165, 1.54) is 16.8 Å². The molecule has 0 aliphatic carbocycles. The normalized spacial score (nSPS) is 14.4. The van der Waals surface area contributed by atoms with Gasteiger partial charge in [0.15, 0.2) is 0 Å². The van der Waals surface area contributed by atoms with Gasteiger partial charge in [-0.05, 0) is 38.3 Å². The lowest BCUT2D eigenvalue weighted by atomic mass is 10.0. The molecule has 0 saturated carbocycles. The average Bonchev–Trinajstić information content (AvgIpc) is 2.66. The summed E-state index contributed by atoms with van der Waals surface area (Å²) in [5.41, 5.74) is 11.1. The van der Waals surface area contributed by atoms with Gasteiger partial charge >= 0.3 is 0 Å². The Kier molecular flexibility index (Phi) is 4.05. The molecular formula is C16H23N3. The van der Waals surface area contributed by atoms with Gasteiger partial charge in [-0.25, -0.2) is 0 Å². The quantitative estimate of drug-likeness (QED) is 0.915. The standard InChI is InChI=1S/C16H23N3/c1-5-15-12(3)18-19(13(15)4)16(11(2)17)14-9-7-6-8-10-14/h6-11,16H,5,17H2,1-4H3. The first-order valence-electron chi connectivity index (χ1n) is 6.91. The highest BCUT2D eigenvalue weighted by Crippen LogP contribution is 2.25. The predicted octanol–water partition coefficient (Wildman–Crippen LogP) is 3.00. The van der Waals surface area contributed by atoms with Gasteiger partial charge < -0.3 is 5.73 Å². The smallest absolute Gasteiger partial charge is 0.0919 e. The molecule has 0 saturated heterocycles. The van der Waals surface area contributed by atoms with E-state index in [2.05, 4.69) is 49.7 Å². The van der Waals surface area contributed by atoms with Crippen molar-refractivity contribution in [3.05, 3.63) is 52.8 Å². The van der Waals surface area contributed by atoms with Crippen LogP contribution in [0.5, 0.6) is 0 Å². The van der Waals surface area contributed by atoms with Gasteiger partial charge in [0, 0.05) is 11.7 Å². The van der Waals surface area contributed by atoms with Crippen molar-refractivity contribution in [1.82, 2.24) is 9.78 Å². The molecule has 102 valence electrons. The highest BCUT2D eigenvalue weighted by atomic mass is 15.3. The molecule has 1 heterocycles. The van der Waals surface area contributed by atoms with Crippen LogP contribution in [-0.4, -0.2) is 15.8 Å². The Labute approximate surface area is 115 Å². The van der Waals surface area contributed by atoms with Crippen LogP contribution in [0.1, 0.15) is 42.4 Å². The predicted molar refractivity (Wildman–Crippen MR) is 79.3 cm³/mol. The largest absolute Gasteiger partial charge is 0.326 e. The minimum Gasteiger partial charge on any atom is -0.326 e. The third kappa shape index (κ3) is 2.56. The van der Waals surface area contributed by atoms with E-state index in [4.69, 9.17) is 10.8 Å². The van der Waals surface area contributed by atoms with Gasteiger partial charge in [-0.3, -0.25) is 4.68 Å².